The van der Waals surface area contributed by atoms with Crippen LogP contribution in [-0.2, 0) is 9.59 Å². The first-order chi connectivity index (χ1) is 9.90. The molecule has 1 aromatic carbocycles. The van der Waals surface area contributed by atoms with Crippen molar-refractivity contribution in [2.24, 2.45) is 11.8 Å². The molecule has 7 heteroatoms. The maximum absolute atomic E-state index is 12.6. The fourth-order valence-electron chi connectivity index (χ4n) is 3.02. The molecule has 0 unspecified atom stereocenters. The van der Waals surface area contributed by atoms with Gasteiger partial charge in [-0.05, 0) is 25.0 Å². The van der Waals surface area contributed by atoms with Gasteiger partial charge in [-0.15, -0.1) is 0 Å². The van der Waals surface area contributed by atoms with Gasteiger partial charge >= 0.3 is 0 Å². The number of halogens is 3. The largest absolute Gasteiger partial charge is 0.506 e. The second kappa shape index (κ2) is 5.56. The first kappa shape index (κ1) is 15.3. The molecule has 1 aliphatic carbocycles. The summed E-state index contributed by atoms with van der Waals surface area (Å²) in [5, 5.41) is 10.3. The van der Waals surface area contributed by atoms with Crippen molar-refractivity contribution < 1.29 is 14.7 Å². The third-order valence-electron chi connectivity index (χ3n) is 4.09. The van der Waals surface area contributed by atoms with Crippen molar-refractivity contribution in [3.8, 4) is 5.75 Å². The molecular formula is C14H12Br2ClNO3. The first-order valence-corrected chi connectivity index (χ1v) is 8.75. The number of rotatable bonds is 1. The molecule has 21 heavy (non-hydrogen) atoms. The van der Waals surface area contributed by atoms with Crippen molar-refractivity contribution in [1.82, 2.24) is 0 Å². The highest BCUT2D eigenvalue weighted by molar-refractivity contribution is 9.12. The zero-order valence-electron chi connectivity index (χ0n) is 10.8. The van der Waals surface area contributed by atoms with Crippen LogP contribution >= 0.6 is 43.5 Å². The second-order valence-corrected chi connectivity index (χ2v) is 8.15. The summed E-state index contributed by atoms with van der Waals surface area (Å²) in [6.07, 6.45) is 1.21. The predicted molar refractivity (Wildman–Crippen MR) is 87.3 cm³/mol. The SMILES string of the molecule is O=C1[C@H]2C[C@@H](Br)[C@@H](Br)C[C@@H]2C(=O)N1c1ccc(Cl)cc1O. The third-order valence-corrected chi connectivity index (χ3v) is 7.06. The molecule has 1 N–H and O–H groups in total. The van der Waals surface area contributed by atoms with Gasteiger partial charge in [0.25, 0.3) is 0 Å². The van der Waals surface area contributed by atoms with Crippen LogP contribution in [0.5, 0.6) is 5.75 Å². The van der Waals surface area contributed by atoms with E-state index in [1.807, 2.05) is 0 Å². The van der Waals surface area contributed by atoms with Crippen LogP contribution in [0.4, 0.5) is 5.69 Å². The smallest absolute Gasteiger partial charge is 0.237 e. The third kappa shape index (κ3) is 2.51. The molecule has 4 nitrogen and oxygen atoms in total. The molecule has 1 aromatic rings. The maximum Gasteiger partial charge on any atom is 0.237 e. The molecule has 4 atom stereocenters. The quantitative estimate of drug-likeness (QED) is 0.541. The molecule has 2 fully saturated rings. The zero-order chi connectivity index (χ0) is 15.3. The summed E-state index contributed by atoms with van der Waals surface area (Å²) in [6, 6.07) is 4.39. The Morgan fingerprint density at radius 3 is 2.10 bits per heavy atom. The monoisotopic (exact) mass is 435 g/mol. The molecule has 1 aliphatic heterocycles. The van der Waals surface area contributed by atoms with Gasteiger partial charge in [-0.3, -0.25) is 9.59 Å². The van der Waals surface area contributed by atoms with E-state index in [1.165, 1.54) is 12.1 Å². The number of carbonyl (C=O) groups excluding carboxylic acids is 2. The van der Waals surface area contributed by atoms with E-state index in [-0.39, 0.29) is 44.7 Å². The topological polar surface area (TPSA) is 57.6 Å². The number of imide groups is 1. The standard InChI is InChI=1S/C14H12Br2ClNO3/c15-9-4-7-8(5-10(9)16)14(21)18(13(7)20)11-2-1-6(17)3-12(11)19/h1-3,7-10,19H,4-5H2/t7-,8-,9-,10+/m0/s1. The number of aromatic hydroxyl groups is 1. The lowest BCUT2D eigenvalue weighted by atomic mass is 9.81. The van der Waals surface area contributed by atoms with E-state index in [4.69, 9.17) is 11.6 Å². The van der Waals surface area contributed by atoms with Gasteiger partial charge in [-0.25, -0.2) is 4.90 Å². The number of fused-ring (bicyclic) bond motifs is 1. The summed E-state index contributed by atoms with van der Waals surface area (Å²) in [4.78, 5) is 26.6. The van der Waals surface area contributed by atoms with E-state index in [9.17, 15) is 14.7 Å². The molecule has 2 aliphatic rings. The Bertz CT molecular complexity index is 596. The number of carbonyl (C=O) groups is 2. The van der Waals surface area contributed by atoms with Crippen molar-refractivity contribution in [1.29, 1.82) is 0 Å². The van der Waals surface area contributed by atoms with Crippen LogP contribution in [0.2, 0.25) is 5.02 Å². The number of phenols is 1. The highest BCUT2D eigenvalue weighted by Crippen LogP contribution is 2.45. The van der Waals surface area contributed by atoms with Gasteiger partial charge in [0.2, 0.25) is 11.8 Å². The molecule has 3 rings (SSSR count). The number of benzene rings is 1. The fraction of sp³-hybridized carbons (Fsp3) is 0.429. The number of anilines is 1. The summed E-state index contributed by atoms with van der Waals surface area (Å²) in [5.41, 5.74) is 0.209. The molecule has 112 valence electrons. The molecule has 1 saturated carbocycles. The summed E-state index contributed by atoms with van der Waals surface area (Å²) in [6.45, 7) is 0. The Kier molecular flexibility index (Phi) is 4.05. The van der Waals surface area contributed by atoms with Crippen LogP contribution in [0.3, 0.4) is 0 Å². The number of hydrogen-bond acceptors (Lipinski definition) is 3. The molecule has 0 spiro atoms. The van der Waals surface area contributed by atoms with Gasteiger partial charge in [-0.1, -0.05) is 43.5 Å². The highest BCUT2D eigenvalue weighted by atomic mass is 79.9. The summed E-state index contributed by atoms with van der Waals surface area (Å²) < 4.78 is 0. The molecule has 1 heterocycles. The zero-order valence-corrected chi connectivity index (χ0v) is 14.7. The van der Waals surface area contributed by atoms with Crippen molar-refractivity contribution in [3.63, 3.8) is 0 Å². The van der Waals surface area contributed by atoms with Crippen LogP contribution in [0.15, 0.2) is 18.2 Å². The predicted octanol–water partition coefficient (Wildman–Crippen LogP) is 3.47. The van der Waals surface area contributed by atoms with E-state index in [0.29, 0.717) is 17.9 Å². The Balaban J connectivity index is 1.97. The minimum atomic E-state index is -0.328. The average Bonchev–Trinajstić information content (AvgIpc) is 2.64. The Morgan fingerprint density at radius 2 is 1.62 bits per heavy atom. The fourth-order valence-corrected chi connectivity index (χ4v) is 4.42. The van der Waals surface area contributed by atoms with Crippen LogP contribution in [0, 0.1) is 11.8 Å². The van der Waals surface area contributed by atoms with E-state index in [2.05, 4.69) is 31.9 Å². The lowest BCUT2D eigenvalue weighted by Gasteiger charge is -2.29. The van der Waals surface area contributed by atoms with E-state index in [1.54, 1.807) is 6.07 Å². The Labute approximate surface area is 143 Å². The number of amides is 2. The molecule has 0 bridgehead atoms. The normalized spacial score (nSPS) is 32.4. The number of alkyl halides is 2. The van der Waals surface area contributed by atoms with E-state index in [0.717, 1.165) is 4.90 Å². The molecule has 2 amide bonds. The number of nitrogens with zero attached hydrogens (tertiary/aromatic N) is 1. The van der Waals surface area contributed by atoms with Gasteiger partial charge < -0.3 is 5.11 Å². The maximum atomic E-state index is 12.6. The lowest BCUT2D eigenvalue weighted by molar-refractivity contribution is -0.122. The first-order valence-electron chi connectivity index (χ1n) is 6.54. The lowest BCUT2D eigenvalue weighted by Crippen LogP contribution is -2.34. The molecule has 1 saturated heterocycles. The van der Waals surface area contributed by atoms with Crippen molar-refractivity contribution >= 4 is 61.0 Å². The molecule has 0 aromatic heterocycles. The molecule has 0 radical (unpaired) electrons. The van der Waals surface area contributed by atoms with Gasteiger partial charge in [0, 0.05) is 20.7 Å². The Hall–Kier alpha value is -0.590. The van der Waals surface area contributed by atoms with Gasteiger partial charge in [0.05, 0.1) is 17.5 Å². The average molecular weight is 438 g/mol. The van der Waals surface area contributed by atoms with Crippen molar-refractivity contribution in [2.75, 3.05) is 4.90 Å². The van der Waals surface area contributed by atoms with Gasteiger partial charge in [0.15, 0.2) is 0 Å². The second-order valence-electron chi connectivity index (χ2n) is 5.36. The molecular weight excluding hydrogens is 425 g/mol. The van der Waals surface area contributed by atoms with Crippen molar-refractivity contribution in [3.05, 3.63) is 23.2 Å². The minimum absolute atomic E-state index is 0.159. The van der Waals surface area contributed by atoms with Crippen LogP contribution in [0.25, 0.3) is 0 Å². The van der Waals surface area contributed by atoms with Crippen LogP contribution in [-0.4, -0.2) is 26.6 Å². The highest BCUT2D eigenvalue weighted by Gasteiger charge is 2.52. The van der Waals surface area contributed by atoms with E-state index < -0.39 is 0 Å². The van der Waals surface area contributed by atoms with Crippen molar-refractivity contribution in [2.45, 2.75) is 22.5 Å². The van der Waals surface area contributed by atoms with E-state index >= 15 is 0 Å². The summed E-state index contributed by atoms with van der Waals surface area (Å²) in [7, 11) is 0. The summed E-state index contributed by atoms with van der Waals surface area (Å²) in [5.74, 6) is -1.30. The van der Waals surface area contributed by atoms with Gasteiger partial charge in [-0.2, -0.15) is 0 Å². The number of phenolic OH excluding ortho intramolecular Hbond substituents is 1. The van der Waals surface area contributed by atoms with Gasteiger partial charge in [0.1, 0.15) is 5.75 Å². The minimum Gasteiger partial charge on any atom is -0.506 e. The van der Waals surface area contributed by atoms with Crippen LogP contribution < -0.4 is 4.90 Å². The summed E-state index contributed by atoms with van der Waals surface area (Å²) >= 11 is 12.9. The Morgan fingerprint density at radius 1 is 1.10 bits per heavy atom. The van der Waals surface area contributed by atoms with Crippen LogP contribution in [0.1, 0.15) is 12.8 Å². The number of hydrogen-bond donors (Lipinski definition) is 1.